The van der Waals surface area contributed by atoms with Crippen LogP contribution < -0.4 is 5.56 Å². The Morgan fingerprint density at radius 2 is 2.42 bits per heavy atom. The number of rotatable bonds is 2. The fourth-order valence-electron chi connectivity index (χ4n) is 2.62. The topological polar surface area (TPSA) is 72.2 Å². The molecule has 1 aliphatic rings. The smallest absolute Gasteiger partial charge is 0.323 e. The number of carbonyl (C=O) groups is 1. The van der Waals surface area contributed by atoms with Crippen LogP contribution >= 0.6 is 11.3 Å². The summed E-state index contributed by atoms with van der Waals surface area (Å²) in [6, 6.07) is 0. The first kappa shape index (κ1) is 12.3. The first-order chi connectivity index (χ1) is 9.06. The summed E-state index contributed by atoms with van der Waals surface area (Å²) in [6.07, 6.45) is 4.30. The number of carboxylic acid groups (broad SMARTS) is 1. The molecule has 6 heteroatoms. The number of aliphatic carboxylic acids is 1. The second-order valence-electron chi connectivity index (χ2n) is 5.10. The summed E-state index contributed by atoms with van der Waals surface area (Å²) < 4.78 is 1.18. The van der Waals surface area contributed by atoms with Crippen LogP contribution in [0.5, 0.6) is 0 Å². The van der Waals surface area contributed by atoms with Crippen molar-refractivity contribution < 1.29 is 9.90 Å². The second-order valence-corrected chi connectivity index (χ2v) is 6.19. The van der Waals surface area contributed by atoms with Gasteiger partial charge in [0.15, 0.2) is 0 Å². The summed E-state index contributed by atoms with van der Waals surface area (Å²) >= 11 is 1.57. The number of aryl methyl sites for hydroxylation is 1. The van der Waals surface area contributed by atoms with Gasteiger partial charge in [-0.25, -0.2) is 4.98 Å². The number of fused-ring (bicyclic) bond motifs is 3. The van der Waals surface area contributed by atoms with E-state index in [1.54, 1.807) is 11.3 Å². The van der Waals surface area contributed by atoms with E-state index in [4.69, 9.17) is 5.11 Å². The van der Waals surface area contributed by atoms with E-state index in [1.807, 2.05) is 0 Å². The zero-order valence-corrected chi connectivity index (χ0v) is 11.4. The summed E-state index contributed by atoms with van der Waals surface area (Å²) in [4.78, 5) is 29.3. The molecule has 0 spiro atoms. The molecule has 1 N–H and O–H groups in total. The first-order valence-electron chi connectivity index (χ1n) is 6.27. The molecule has 2 aromatic rings. The summed E-state index contributed by atoms with van der Waals surface area (Å²) in [7, 11) is 0. The highest BCUT2D eigenvalue weighted by molar-refractivity contribution is 7.18. The van der Waals surface area contributed by atoms with Gasteiger partial charge in [0.25, 0.3) is 5.56 Å². The fourth-order valence-corrected chi connectivity index (χ4v) is 3.97. The van der Waals surface area contributed by atoms with E-state index in [0.29, 0.717) is 11.3 Å². The minimum absolute atomic E-state index is 0.223. The van der Waals surface area contributed by atoms with E-state index in [0.717, 1.165) is 29.7 Å². The Hall–Kier alpha value is -1.69. The van der Waals surface area contributed by atoms with Crippen LogP contribution in [0.4, 0.5) is 0 Å². The maximum Gasteiger partial charge on any atom is 0.323 e. The van der Waals surface area contributed by atoms with E-state index in [-0.39, 0.29) is 12.1 Å². The molecule has 0 amide bonds. The predicted octanol–water partition coefficient (Wildman–Crippen LogP) is 1.67. The van der Waals surface area contributed by atoms with E-state index in [9.17, 15) is 9.59 Å². The standard InChI is InChI=1S/C13H14N2O3S/c1-7-2-3-8-9(4-7)19-12-11(8)13(18)15(6-14-12)5-10(16)17/h6-7H,2-5H2,1H3,(H,16,17)/t7-/m0/s1. The van der Waals surface area contributed by atoms with Gasteiger partial charge in [-0.15, -0.1) is 11.3 Å². The van der Waals surface area contributed by atoms with E-state index < -0.39 is 5.97 Å². The van der Waals surface area contributed by atoms with Crippen LogP contribution in [0.25, 0.3) is 10.2 Å². The number of carboxylic acids is 1. The molecule has 0 unspecified atom stereocenters. The van der Waals surface area contributed by atoms with Crippen molar-refractivity contribution >= 4 is 27.5 Å². The molecule has 0 aliphatic heterocycles. The van der Waals surface area contributed by atoms with E-state index in [1.165, 1.54) is 15.8 Å². The molecule has 1 aliphatic carbocycles. The number of aromatic nitrogens is 2. The normalized spacial score (nSPS) is 18.5. The van der Waals surface area contributed by atoms with Gasteiger partial charge in [-0.05, 0) is 30.7 Å². The first-order valence-corrected chi connectivity index (χ1v) is 7.09. The maximum atomic E-state index is 12.3. The van der Waals surface area contributed by atoms with Gasteiger partial charge in [-0.2, -0.15) is 0 Å². The van der Waals surface area contributed by atoms with Gasteiger partial charge in [0.1, 0.15) is 11.4 Å². The molecule has 1 atom stereocenters. The highest BCUT2D eigenvalue weighted by Crippen LogP contribution is 2.35. The molecule has 0 fully saturated rings. The lowest BCUT2D eigenvalue weighted by molar-refractivity contribution is -0.137. The van der Waals surface area contributed by atoms with Gasteiger partial charge >= 0.3 is 5.97 Å². The molecule has 19 heavy (non-hydrogen) atoms. The van der Waals surface area contributed by atoms with Crippen LogP contribution in [0.3, 0.4) is 0 Å². The van der Waals surface area contributed by atoms with Crippen molar-refractivity contribution in [3.63, 3.8) is 0 Å². The molecule has 0 radical (unpaired) electrons. The van der Waals surface area contributed by atoms with Crippen LogP contribution in [0.15, 0.2) is 11.1 Å². The summed E-state index contributed by atoms with van der Waals surface area (Å²) in [6.45, 7) is 1.88. The van der Waals surface area contributed by atoms with Crippen molar-refractivity contribution in [1.29, 1.82) is 0 Å². The van der Waals surface area contributed by atoms with E-state index >= 15 is 0 Å². The van der Waals surface area contributed by atoms with Crippen molar-refractivity contribution in [2.45, 2.75) is 32.7 Å². The lowest BCUT2D eigenvalue weighted by Gasteiger charge is -2.17. The summed E-state index contributed by atoms with van der Waals surface area (Å²) in [5.74, 6) is -0.386. The molecule has 2 aromatic heterocycles. The Kier molecular flexibility index (Phi) is 2.89. The number of nitrogens with zero attached hydrogens (tertiary/aromatic N) is 2. The Labute approximate surface area is 113 Å². The number of hydrogen-bond acceptors (Lipinski definition) is 4. The van der Waals surface area contributed by atoms with Crippen LogP contribution in [0, 0.1) is 5.92 Å². The highest BCUT2D eigenvalue weighted by atomic mass is 32.1. The Bertz CT molecular complexity index is 716. The zero-order valence-electron chi connectivity index (χ0n) is 10.5. The van der Waals surface area contributed by atoms with Crippen LogP contribution in [0.1, 0.15) is 23.8 Å². The number of thiophene rings is 1. The minimum atomic E-state index is -1.03. The quantitative estimate of drug-likeness (QED) is 0.907. The molecule has 0 aromatic carbocycles. The van der Waals surface area contributed by atoms with Gasteiger partial charge in [0.05, 0.1) is 11.7 Å². The Morgan fingerprint density at radius 1 is 1.63 bits per heavy atom. The molecule has 3 rings (SSSR count). The molecule has 0 saturated carbocycles. The average Bonchev–Trinajstić information content (AvgIpc) is 2.70. The van der Waals surface area contributed by atoms with Crippen LogP contribution in [-0.2, 0) is 24.2 Å². The van der Waals surface area contributed by atoms with Crippen LogP contribution in [0.2, 0.25) is 0 Å². The highest BCUT2D eigenvalue weighted by Gasteiger charge is 2.23. The monoisotopic (exact) mass is 278 g/mol. The van der Waals surface area contributed by atoms with Gasteiger partial charge in [-0.3, -0.25) is 14.2 Å². The maximum absolute atomic E-state index is 12.3. The zero-order chi connectivity index (χ0) is 13.6. The average molecular weight is 278 g/mol. The molecule has 100 valence electrons. The van der Waals surface area contributed by atoms with Gasteiger partial charge in [0.2, 0.25) is 0 Å². The second kappa shape index (κ2) is 4.45. The van der Waals surface area contributed by atoms with Crippen molar-refractivity contribution in [3.8, 4) is 0 Å². The molecule has 0 bridgehead atoms. The van der Waals surface area contributed by atoms with Crippen molar-refractivity contribution in [3.05, 3.63) is 27.1 Å². The molecule has 5 nitrogen and oxygen atoms in total. The van der Waals surface area contributed by atoms with Gasteiger partial charge in [0, 0.05) is 4.88 Å². The molecule has 2 heterocycles. The molecule has 0 saturated heterocycles. The van der Waals surface area contributed by atoms with Crippen molar-refractivity contribution in [1.82, 2.24) is 9.55 Å². The number of hydrogen-bond donors (Lipinski definition) is 1. The Balaban J connectivity index is 2.20. The van der Waals surface area contributed by atoms with Gasteiger partial charge in [-0.1, -0.05) is 6.92 Å². The lowest BCUT2D eigenvalue weighted by Crippen LogP contribution is -2.24. The Morgan fingerprint density at radius 3 is 3.16 bits per heavy atom. The SMILES string of the molecule is C[C@H]1CCc2c(sc3ncn(CC(=O)O)c(=O)c23)C1. The predicted molar refractivity (Wildman–Crippen MR) is 72.7 cm³/mol. The van der Waals surface area contributed by atoms with Gasteiger partial charge < -0.3 is 5.11 Å². The summed E-state index contributed by atoms with van der Waals surface area (Å²) in [5.41, 5.74) is 0.870. The third kappa shape index (κ3) is 2.06. The third-order valence-corrected chi connectivity index (χ3v) is 4.75. The molecular formula is C13H14N2O3S. The van der Waals surface area contributed by atoms with Crippen molar-refractivity contribution in [2.75, 3.05) is 0 Å². The summed E-state index contributed by atoms with van der Waals surface area (Å²) in [5, 5.41) is 9.44. The van der Waals surface area contributed by atoms with Crippen LogP contribution in [-0.4, -0.2) is 20.6 Å². The van der Waals surface area contributed by atoms with E-state index in [2.05, 4.69) is 11.9 Å². The fraction of sp³-hybridized carbons (Fsp3) is 0.462. The lowest BCUT2D eigenvalue weighted by atomic mass is 9.89. The molecular weight excluding hydrogens is 264 g/mol. The largest absolute Gasteiger partial charge is 0.480 e. The minimum Gasteiger partial charge on any atom is -0.480 e. The third-order valence-electron chi connectivity index (χ3n) is 3.59. The van der Waals surface area contributed by atoms with Crippen molar-refractivity contribution in [2.24, 2.45) is 5.92 Å².